The standard InChI is InChI=1S/C15H23NO2/c1-11-3-6-13(7-4-11)14(17)9-12-5-8-15(18-2)16-10-12/h5,8,10-11,13-14,17H,3-4,6-7,9H2,1-2H3. The third-order valence-corrected chi connectivity index (χ3v) is 4.06. The lowest BCUT2D eigenvalue weighted by Gasteiger charge is -2.29. The van der Waals surface area contributed by atoms with Crippen LogP contribution < -0.4 is 4.74 Å². The van der Waals surface area contributed by atoms with Crippen molar-refractivity contribution in [1.82, 2.24) is 4.98 Å². The number of aromatic nitrogens is 1. The van der Waals surface area contributed by atoms with E-state index in [-0.39, 0.29) is 6.10 Å². The van der Waals surface area contributed by atoms with Crippen LogP contribution in [0.5, 0.6) is 5.88 Å². The molecule has 1 N–H and O–H groups in total. The van der Waals surface area contributed by atoms with Crippen molar-refractivity contribution in [3.05, 3.63) is 23.9 Å². The Kier molecular flexibility index (Phi) is 4.59. The minimum absolute atomic E-state index is 0.229. The number of hydrogen-bond acceptors (Lipinski definition) is 3. The van der Waals surface area contributed by atoms with Gasteiger partial charge in [0.2, 0.25) is 5.88 Å². The highest BCUT2D eigenvalue weighted by atomic mass is 16.5. The number of aliphatic hydroxyl groups is 1. The molecule has 2 rings (SSSR count). The van der Waals surface area contributed by atoms with E-state index in [1.165, 1.54) is 12.8 Å². The Bertz CT molecular complexity index is 355. The number of methoxy groups -OCH3 is 1. The van der Waals surface area contributed by atoms with E-state index >= 15 is 0 Å². The molecule has 0 aliphatic heterocycles. The van der Waals surface area contributed by atoms with Gasteiger partial charge in [0.1, 0.15) is 0 Å². The molecule has 0 amide bonds. The Labute approximate surface area is 109 Å². The van der Waals surface area contributed by atoms with Gasteiger partial charge in [-0.05, 0) is 30.2 Å². The van der Waals surface area contributed by atoms with Crippen LogP contribution in [0, 0.1) is 11.8 Å². The lowest BCUT2D eigenvalue weighted by Crippen LogP contribution is -2.26. The Balaban J connectivity index is 1.87. The van der Waals surface area contributed by atoms with Gasteiger partial charge < -0.3 is 9.84 Å². The van der Waals surface area contributed by atoms with Crippen LogP contribution in [0.2, 0.25) is 0 Å². The molecule has 1 aliphatic rings. The molecular weight excluding hydrogens is 226 g/mol. The summed E-state index contributed by atoms with van der Waals surface area (Å²) in [6.07, 6.45) is 7.10. The Morgan fingerprint density at radius 1 is 1.33 bits per heavy atom. The summed E-state index contributed by atoms with van der Waals surface area (Å²) in [5, 5.41) is 10.3. The van der Waals surface area contributed by atoms with Crippen LogP contribution in [0.3, 0.4) is 0 Å². The highest BCUT2D eigenvalue weighted by Gasteiger charge is 2.24. The number of ether oxygens (including phenoxy) is 1. The van der Waals surface area contributed by atoms with Crippen molar-refractivity contribution < 1.29 is 9.84 Å². The number of nitrogens with zero attached hydrogens (tertiary/aromatic N) is 1. The highest BCUT2D eigenvalue weighted by Crippen LogP contribution is 2.31. The molecule has 100 valence electrons. The first-order valence-electron chi connectivity index (χ1n) is 6.86. The zero-order valence-electron chi connectivity index (χ0n) is 11.3. The Hall–Kier alpha value is -1.09. The zero-order chi connectivity index (χ0) is 13.0. The van der Waals surface area contributed by atoms with Crippen LogP contribution in [0.15, 0.2) is 18.3 Å². The molecule has 0 spiro atoms. The SMILES string of the molecule is COc1ccc(CC(O)C2CCC(C)CC2)cn1. The van der Waals surface area contributed by atoms with Gasteiger partial charge in [0.15, 0.2) is 0 Å². The summed E-state index contributed by atoms with van der Waals surface area (Å²) in [6.45, 7) is 2.30. The van der Waals surface area contributed by atoms with Gasteiger partial charge in [0.25, 0.3) is 0 Å². The maximum absolute atomic E-state index is 10.3. The summed E-state index contributed by atoms with van der Waals surface area (Å²) in [7, 11) is 1.61. The van der Waals surface area contributed by atoms with Crippen LogP contribution in [0.25, 0.3) is 0 Å². The minimum atomic E-state index is -0.229. The second-order valence-corrected chi connectivity index (χ2v) is 5.50. The number of pyridine rings is 1. The molecule has 0 saturated heterocycles. The molecule has 1 aliphatic carbocycles. The van der Waals surface area contributed by atoms with E-state index in [4.69, 9.17) is 4.74 Å². The Morgan fingerprint density at radius 2 is 2.06 bits per heavy atom. The molecule has 0 aromatic carbocycles. The van der Waals surface area contributed by atoms with Crippen LogP contribution in [0.1, 0.15) is 38.2 Å². The number of aliphatic hydroxyl groups excluding tert-OH is 1. The molecule has 0 bridgehead atoms. The normalized spacial score (nSPS) is 25.7. The fourth-order valence-corrected chi connectivity index (χ4v) is 2.73. The van der Waals surface area contributed by atoms with E-state index in [2.05, 4.69) is 11.9 Å². The van der Waals surface area contributed by atoms with Crippen molar-refractivity contribution in [2.24, 2.45) is 11.8 Å². The van der Waals surface area contributed by atoms with Gasteiger partial charge in [-0.1, -0.05) is 25.8 Å². The molecule has 1 aromatic rings. The second kappa shape index (κ2) is 6.19. The molecule has 1 fully saturated rings. The molecule has 1 atom stereocenters. The fraction of sp³-hybridized carbons (Fsp3) is 0.667. The van der Waals surface area contributed by atoms with E-state index in [0.29, 0.717) is 18.2 Å². The predicted molar refractivity (Wildman–Crippen MR) is 71.6 cm³/mol. The molecule has 1 aromatic heterocycles. The lowest BCUT2D eigenvalue weighted by atomic mass is 9.79. The molecular formula is C15H23NO2. The molecule has 18 heavy (non-hydrogen) atoms. The maximum atomic E-state index is 10.3. The summed E-state index contributed by atoms with van der Waals surface area (Å²) >= 11 is 0. The van der Waals surface area contributed by atoms with Crippen LogP contribution >= 0.6 is 0 Å². The summed E-state index contributed by atoms with van der Waals surface area (Å²) < 4.78 is 5.03. The summed E-state index contributed by atoms with van der Waals surface area (Å²) in [5.74, 6) is 1.92. The van der Waals surface area contributed by atoms with Gasteiger partial charge in [-0.25, -0.2) is 4.98 Å². The minimum Gasteiger partial charge on any atom is -0.481 e. The van der Waals surface area contributed by atoms with Gasteiger partial charge in [-0.15, -0.1) is 0 Å². The van der Waals surface area contributed by atoms with Gasteiger partial charge in [0, 0.05) is 18.7 Å². The first-order valence-corrected chi connectivity index (χ1v) is 6.86. The molecule has 3 heteroatoms. The van der Waals surface area contributed by atoms with Crippen LogP contribution in [-0.4, -0.2) is 23.3 Å². The monoisotopic (exact) mass is 249 g/mol. The average molecular weight is 249 g/mol. The van der Waals surface area contributed by atoms with E-state index in [9.17, 15) is 5.11 Å². The highest BCUT2D eigenvalue weighted by molar-refractivity contribution is 5.18. The second-order valence-electron chi connectivity index (χ2n) is 5.50. The maximum Gasteiger partial charge on any atom is 0.212 e. The average Bonchev–Trinajstić information content (AvgIpc) is 2.40. The van der Waals surface area contributed by atoms with E-state index in [0.717, 1.165) is 24.3 Å². The molecule has 3 nitrogen and oxygen atoms in total. The molecule has 1 saturated carbocycles. The molecule has 1 unspecified atom stereocenters. The van der Waals surface area contributed by atoms with Gasteiger partial charge in [-0.3, -0.25) is 0 Å². The largest absolute Gasteiger partial charge is 0.481 e. The third kappa shape index (κ3) is 3.45. The zero-order valence-corrected chi connectivity index (χ0v) is 11.3. The van der Waals surface area contributed by atoms with Crippen molar-refractivity contribution in [1.29, 1.82) is 0 Å². The molecule has 0 radical (unpaired) electrons. The summed E-state index contributed by atoms with van der Waals surface area (Å²) in [6, 6.07) is 3.84. The van der Waals surface area contributed by atoms with Crippen LogP contribution in [-0.2, 0) is 6.42 Å². The van der Waals surface area contributed by atoms with E-state index in [1.807, 2.05) is 12.1 Å². The van der Waals surface area contributed by atoms with E-state index in [1.54, 1.807) is 13.3 Å². The lowest BCUT2D eigenvalue weighted by molar-refractivity contribution is 0.0760. The van der Waals surface area contributed by atoms with Gasteiger partial charge in [0.05, 0.1) is 13.2 Å². The van der Waals surface area contributed by atoms with Gasteiger partial charge >= 0.3 is 0 Å². The van der Waals surface area contributed by atoms with E-state index < -0.39 is 0 Å². The molecule has 1 heterocycles. The summed E-state index contributed by atoms with van der Waals surface area (Å²) in [4.78, 5) is 4.17. The fourth-order valence-electron chi connectivity index (χ4n) is 2.73. The first-order chi connectivity index (χ1) is 8.69. The van der Waals surface area contributed by atoms with Crippen molar-refractivity contribution in [3.63, 3.8) is 0 Å². The third-order valence-electron chi connectivity index (χ3n) is 4.06. The quantitative estimate of drug-likeness (QED) is 0.892. The van der Waals surface area contributed by atoms with Crippen molar-refractivity contribution in [3.8, 4) is 5.88 Å². The number of rotatable bonds is 4. The predicted octanol–water partition coefficient (Wildman–Crippen LogP) is 2.82. The first kappa shape index (κ1) is 13.3. The smallest absolute Gasteiger partial charge is 0.212 e. The number of hydrogen-bond donors (Lipinski definition) is 1. The van der Waals surface area contributed by atoms with Crippen LogP contribution in [0.4, 0.5) is 0 Å². The van der Waals surface area contributed by atoms with Gasteiger partial charge in [-0.2, -0.15) is 0 Å². The van der Waals surface area contributed by atoms with Crippen molar-refractivity contribution in [2.45, 2.75) is 45.1 Å². The topological polar surface area (TPSA) is 42.4 Å². The van der Waals surface area contributed by atoms with Crippen molar-refractivity contribution >= 4 is 0 Å². The van der Waals surface area contributed by atoms with Crippen molar-refractivity contribution in [2.75, 3.05) is 7.11 Å². The Morgan fingerprint density at radius 3 is 2.61 bits per heavy atom. The summed E-state index contributed by atoms with van der Waals surface area (Å²) in [5.41, 5.74) is 1.09.